The second-order valence-corrected chi connectivity index (χ2v) is 4.50. The second-order valence-electron chi connectivity index (χ2n) is 3.65. The van der Waals surface area contributed by atoms with Crippen LogP contribution >= 0.6 is 11.8 Å². The molecule has 0 aromatic heterocycles. The predicted molar refractivity (Wildman–Crippen MR) is 66.3 cm³/mol. The highest BCUT2D eigenvalue weighted by Crippen LogP contribution is 2.22. The molecule has 0 amide bonds. The summed E-state index contributed by atoms with van der Waals surface area (Å²) >= 11 is 1.41. The third kappa shape index (κ3) is 3.77. The molecule has 0 spiro atoms. The Morgan fingerprint density at radius 3 is 2.81 bits per heavy atom. The first-order chi connectivity index (χ1) is 7.69. The Kier molecular flexibility index (Phi) is 5.80. The van der Waals surface area contributed by atoms with Gasteiger partial charge in [-0.05, 0) is 43.8 Å². The molecule has 0 aliphatic carbocycles. The minimum atomic E-state index is -0.166. The van der Waals surface area contributed by atoms with Crippen LogP contribution in [0.25, 0.3) is 0 Å². The fourth-order valence-corrected chi connectivity index (χ4v) is 1.93. The predicted octanol–water partition coefficient (Wildman–Crippen LogP) is 2.58. The van der Waals surface area contributed by atoms with Crippen molar-refractivity contribution in [3.63, 3.8) is 0 Å². The van der Waals surface area contributed by atoms with Crippen molar-refractivity contribution in [3.05, 3.63) is 29.6 Å². The first kappa shape index (κ1) is 13.5. The molecule has 1 aromatic rings. The van der Waals surface area contributed by atoms with Crippen molar-refractivity contribution in [1.82, 2.24) is 5.32 Å². The lowest BCUT2D eigenvalue weighted by Crippen LogP contribution is -2.20. The van der Waals surface area contributed by atoms with Crippen molar-refractivity contribution in [2.24, 2.45) is 0 Å². The van der Waals surface area contributed by atoms with E-state index in [1.807, 2.05) is 19.2 Å². The van der Waals surface area contributed by atoms with Crippen LogP contribution in [0.15, 0.2) is 23.1 Å². The number of thioether (sulfide) groups is 1. The maximum atomic E-state index is 13.5. The molecule has 1 aromatic carbocycles. The SMILES string of the molecule is CSc1ccc(C(C)NCCCO)cc1F. The van der Waals surface area contributed by atoms with Gasteiger partial charge in [0, 0.05) is 17.5 Å². The van der Waals surface area contributed by atoms with Gasteiger partial charge in [-0.3, -0.25) is 0 Å². The monoisotopic (exact) mass is 243 g/mol. The van der Waals surface area contributed by atoms with Crippen molar-refractivity contribution >= 4 is 11.8 Å². The fraction of sp³-hybridized carbons (Fsp3) is 0.500. The van der Waals surface area contributed by atoms with Crippen molar-refractivity contribution in [2.75, 3.05) is 19.4 Å². The summed E-state index contributed by atoms with van der Waals surface area (Å²) < 4.78 is 13.5. The Bertz CT molecular complexity index is 333. The molecule has 1 unspecified atom stereocenters. The molecule has 1 atom stereocenters. The van der Waals surface area contributed by atoms with Crippen molar-refractivity contribution in [2.45, 2.75) is 24.3 Å². The first-order valence-electron chi connectivity index (χ1n) is 5.36. The summed E-state index contributed by atoms with van der Waals surface area (Å²) in [6.45, 7) is 2.91. The molecule has 16 heavy (non-hydrogen) atoms. The van der Waals surface area contributed by atoms with Crippen LogP contribution in [-0.2, 0) is 0 Å². The number of hydrogen-bond acceptors (Lipinski definition) is 3. The molecule has 0 bridgehead atoms. The van der Waals surface area contributed by atoms with E-state index in [9.17, 15) is 4.39 Å². The highest BCUT2D eigenvalue weighted by Gasteiger charge is 2.07. The Morgan fingerprint density at radius 1 is 1.50 bits per heavy atom. The lowest BCUT2D eigenvalue weighted by atomic mass is 10.1. The third-order valence-electron chi connectivity index (χ3n) is 2.46. The first-order valence-corrected chi connectivity index (χ1v) is 6.59. The maximum Gasteiger partial charge on any atom is 0.137 e. The van der Waals surface area contributed by atoms with Crippen LogP contribution in [0.3, 0.4) is 0 Å². The molecular formula is C12H18FNOS. The summed E-state index contributed by atoms with van der Waals surface area (Å²) in [5.41, 5.74) is 0.938. The maximum absolute atomic E-state index is 13.5. The van der Waals surface area contributed by atoms with E-state index in [0.717, 1.165) is 18.5 Å². The standard InChI is InChI=1S/C12H18FNOS/c1-9(14-6-3-7-15)10-4-5-12(16-2)11(13)8-10/h4-5,8-9,14-15H,3,6-7H2,1-2H3. The number of aliphatic hydroxyl groups is 1. The summed E-state index contributed by atoms with van der Waals surface area (Å²) in [6.07, 6.45) is 2.58. The van der Waals surface area contributed by atoms with E-state index in [-0.39, 0.29) is 18.5 Å². The fourth-order valence-electron chi connectivity index (χ4n) is 1.47. The van der Waals surface area contributed by atoms with Gasteiger partial charge < -0.3 is 10.4 Å². The molecular weight excluding hydrogens is 225 g/mol. The summed E-state index contributed by atoms with van der Waals surface area (Å²) in [6, 6.07) is 5.42. The van der Waals surface area contributed by atoms with Gasteiger partial charge in [0.1, 0.15) is 5.82 Å². The smallest absolute Gasteiger partial charge is 0.137 e. The molecule has 0 heterocycles. The van der Waals surface area contributed by atoms with Crippen molar-refractivity contribution in [3.8, 4) is 0 Å². The second kappa shape index (κ2) is 6.89. The lowest BCUT2D eigenvalue weighted by molar-refractivity contribution is 0.284. The van der Waals surface area contributed by atoms with E-state index in [1.54, 1.807) is 12.1 Å². The van der Waals surface area contributed by atoms with Gasteiger partial charge in [0.2, 0.25) is 0 Å². The van der Waals surface area contributed by atoms with Gasteiger partial charge in [-0.1, -0.05) is 6.07 Å². The number of rotatable bonds is 6. The Labute approximate surface area is 100 Å². The number of halogens is 1. The molecule has 0 aliphatic heterocycles. The molecule has 4 heteroatoms. The molecule has 0 radical (unpaired) electrons. The van der Waals surface area contributed by atoms with Crippen LogP contribution in [0.1, 0.15) is 24.9 Å². The molecule has 1 rings (SSSR count). The highest BCUT2D eigenvalue weighted by atomic mass is 32.2. The summed E-state index contributed by atoms with van der Waals surface area (Å²) in [5, 5.41) is 11.9. The van der Waals surface area contributed by atoms with E-state index in [1.165, 1.54) is 11.8 Å². The van der Waals surface area contributed by atoms with Gasteiger partial charge >= 0.3 is 0 Å². The lowest BCUT2D eigenvalue weighted by Gasteiger charge is -2.14. The van der Waals surface area contributed by atoms with E-state index >= 15 is 0 Å². The van der Waals surface area contributed by atoms with Gasteiger partial charge in [0.15, 0.2) is 0 Å². The van der Waals surface area contributed by atoms with Crippen molar-refractivity contribution in [1.29, 1.82) is 0 Å². The summed E-state index contributed by atoms with van der Waals surface area (Å²) in [4.78, 5) is 0.673. The Hall–Kier alpha value is -0.580. The zero-order valence-corrected chi connectivity index (χ0v) is 10.5. The zero-order valence-electron chi connectivity index (χ0n) is 9.66. The van der Waals surface area contributed by atoms with E-state index in [2.05, 4.69) is 5.32 Å². The van der Waals surface area contributed by atoms with E-state index < -0.39 is 0 Å². The number of benzene rings is 1. The molecule has 2 N–H and O–H groups in total. The van der Waals surface area contributed by atoms with E-state index in [0.29, 0.717) is 4.90 Å². The van der Waals surface area contributed by atoms with Crippen LogP contribution in [-0.4, -0.2) is 24.5 Å². The molecule has 0 saturated heterocycles. The van der Waals surface area contributed by atoms with Crippen LogP contribution in [0.2, 0.25) is 0 Å². The van der Waals surface area contributed by atoms with Gasteiger partial charge in [-0.15, -0.1) is 11.8 Å². The molecule has 2 nitrogen and oxygen atoms in total. The average Bonchev–Trinajstić information content (AvgIpc) is 2.29. The van der Waals surface area contributed by atoms with Gasteiger partial charge in [-0.25, -0.2) is 4.39 Å². The minimum Gasteiger partial charge on any atom is -0.396 e. The van der Waals surface area contributed by atoms with Gasteiger partial charge in [0.05, 0.1) is 0 Å². The van der Waals surface area contributed by atoms with Crippen molar-refractivity contribution < 1.29 is 9.50 Å². The van der Waals surface area contributed by atoms with Crippen LogP contribution < -0.4 is 5.32 Å². The minimum absolute atomic E-state index is 0.108. The Morgan fingerprint density at radius 2 is 2.25 bits per heavy atom. The summed E-state index contributed by atoms with van der Waals surface area (Å²) in [7, 11) is 0. The molecule has 0 fully saturated rings. The zero-order chi connectivity index (χ0) is 12.0. The molecule has 0 aliphatic rings. The largest absolute Gasteiger partial charge is 0.396 e. The summed E-state index contributed by atoms with van der Waals surface area (Å²) in [5.74, 6) is -0.166. The normalized spacial score (nSPS) is 12.8. The van der Waals surface area contributed by atoms with Gasteiger partial charge in [-0.2, -0.15) is 0 Å². The Balaban J connectivity index is 2.62. The van der Waals surface area contributed by atoms with Crippen LogP contribution in [0.5, 0.6) is 0 Å². The number of aliphatic hydroxyl groups excluding tert-OH is 1. The topological polar surface area (TPSA) is 32.3 Å². The number of nitrogens with one attached hydrogen (secondary N) is 1. The molecule has 90 valence electrons. The third-order valence-corrected chi connectivity index (χ3v) is 3.23. The van der Waals surface area contributed by atoms with E-state index in [4.69, 9.17) is 5.11 Å². The van der Waals surface area contributed by atoms with Crippen LogP contribution in [0.4, 0.5) is 4.39 Å². The van der Waals surface area contributed by atoms with Gasteiger partial charge in [0.25, 0.3) is 0 Å². The number of hydrogen-bond donors (Lipinski definition) is 2. The van der Waals surface area contributed by atoms with Crippen LogP contribution in [0, 0.1) is 5.82 Å². The quantitative estimate of drug-likeness (QED) is 0.595. The average molecular weight is 243 g/mol. The highest BCUT2D eigenvalue weighted by molar-refractivity contribution is 7.98. The molecule has 0 saturated carbocycles.